The zero-order chi connectivity index (χ0) is 17.9. The summed E-state index contributed by atoms with van der Waals surface area (Å²) in [5, 5.41) is 4.06. The van der Waals surface area contributed by atoms with E-state index in [1.165, 1.54) is 0 Å². The molecule has 0 unspecified atom stereocenters. The van der Waals surface area contributed by atoms with Crippen molar-refractivity contribution in [3.05, 3.63) is 48.7 Å². The number of carbonyl (C=O) groups is 1. The third-order valence-corrected chi connectivity index (χ3v) is 5.43. The highest BCUT2D eigenvalue weighted by Crippen LogP contribution is 2.31. The number of rotatable bonds is 4. The second-order valence-electron chi connectivity index (χ2n) is 7.11. The Balaban J connectivity index is 1.55. The lowest BCUT2D eigenvalue weighted by atomic mass is 9.81. The first-order chi connectivity index (χ1) is 12.7. The Labute approximate surface area is 153 Å². The predicted molar refractivity (Wildman–Crippen MR) is 105 cm³/mol. The van der Waals surface area contributed by atoms with Crippen LogP contribution >= 0.6 is 0 Å². The van der Waals surface area contributed by atoms with Gasteiger partial charge in [0.2, 0.25) is 5.91 Å². The van der Waals surface area contributed by atoms with Crippen LogP contribution in [0.2, 0.25) is 0 Å². The van der Waals surface area contributed by atoms with E-state index in [-0.39, 0.29) is 11.8 Å². The SMILES string of the molecule is NCC1CCC(C(=O)Nc2ccnc3[nH]c(-c4ccccc4)cc23)CC1. The third-order valence-electron chi connectivity index (χ3n) is 5.43. The maximum Gasteiger partial charge on any atom is 0.227 e. The molecule has 0 saturated heterocycles. The zero-order valence-corrected chi connectivity index (χ0v) is 14.7. The van der Waals surface area contributed by atoms with E-state index in [4.69, 9.17) is 5.73 Å². The van der Waals surface area contributed by atoms with E-state index >= 15 is 0 Å². The fourth-order valence-electron chi connectivity index (χ4n) is 3.80. The largest absolute Gasteiger partial charge is 0.339 e. The summed E-state index contributed by atoms with van der Waals surface area (Å²) in [7, 11) is 0. The van der Waals surface area contributed by atoms with Gasteiger partial charge in [0.25, 0.3) is 0 Å². The number of fused-ring (bicyclic) bond motifs is 1. The first-order valence-corrected chi connectivity index (χ1v) is 9.28. The van der Waals surface area contributed by atoms with Gasteiger partial charge in [0.1, 0.15) is 5.65 Å². The van der Waals surface area contributed by atoms with E-state index in [1.807, 2.05) is 24.3 Å². The van der Waals surface area contributed by atoms with E-state index in [2.05, 4.69) is 33.5 Å². The van der Waals surface area contributed by atoms with Crippen molar-refractivity contribution in [1.82, 2.24) is 9.97 Å². The molecule has 2 heterocycles. The molecule has 0 aliphatic heterocycles. The van der Waals surface area contributed by atoms with E-state index in [0.29, 0.717) is 5.92 Å². The lowest BCUT2D eigenvalue weighted by Gasteiger charge is -2.26. The van der Waals surface area contributed by atoms with Gasteiger partial charge in [-0.15, -0.1) is 0 Å². The molecule has 1 aromatic carbocycles. The number of amides is 1. The summed E-state index contributed by atoms with van der Waals surface area (Å²) in [5.41, 5.74) is 9.45. The van der Waals surface area contributed by atoms with E-state index in [0.717, 1.165) is 60.2 Å². The van der Waals surface area contributed by atoms with Crippen LogP contribution in [-0.2, 0) is 4.79 Å². The molecule has 2 aromatic heterocycles. The lowest BCUT2D eigenvalue weighted by molar-refractivity contribution is -0.121. The predicted octanol–water partition coefficient (Wildman–Crippen LogP) is 3.93. The summed E-state index contributed by atoms with van der Waals surface area (Å²) in [4.78, 5) is 20.5. The van der Waals surface area contributed by atoms with Gasteiger partial charge in [-0.1, -0.05) is 30.3 Å². The van der Waals surface area contributed by atoms with Crippen molar-refractivity contribution in [3.63, 3.8) is 0 Å². The maximum atomic E-state index is 12.7. The zero-order valence-electron chi connectivity index (χ0n) is 14.7. The molecule has 26 heavy (non-hydrogen) atoms. The second kappa shape index (κ2) is 7.30. The minimum absolute atomic E-state index is 0.0774. The van der Waals surface area contributed by atoms with Crippen LogP contribution in [-0.4, -0.2) is 22.4 Å². The topological polar surface area (TPSA) is 83.8 Å². The lowest BCUT2D eigenvalue weighted by Crippen LogP contribution is -2.29. The van der Waals surface area contributed by atoms with Crippen molar-refractivity contribution in [1.29, 1.82) is 0 Å². The number of pyridine rings is 1. The Morgan fingerprint density at radius 1 is 1.15 bits per heavy atom. The average Bonchev–Trinajstić information content (AvgIpc) is 3.14. The highest BCUT2D eigenvalue weighted by molar-refractivity contribution is 6.02. The summed E-state index contributed by atoms with van der Waals surface area (Å²) >= 11 is 0. The molecule has 4 rings (SSSR count). The van der Waals surface area contributed by atoms with Gasteiger partial charge in [0.15, 0.2) is 0 Å². The van der Waals surface area contributed by atoms with Gasteiger partial charge in [0.05, 0.1) is 5.69 Å². The van der Waals surface area contributed by atoms with Gasteiger partial charge >= 0.3 is 0 Å². The fourth-order valence-corrected chi connectivity index (χ4v) is 3.80. The van der Waals surface area contributed by atoms with Gasteiger partial charge in [-0.3, -0.25) is 4.79 Å². The van der Waals surface area contributed by atoms with Gasteiger partial charge in [-0.05, 0) is 55.8 Å². The number of aromatic amines is 1. The number of carbonyl (C=O) groups excluding carboxylic acids is 1. The summed E-state index contributed by atoms with van der Waals surface area (Å²) < 4.78 is 0. The van der Waals surface area contributed by atoms with Gasteiger partial charge in [0, 0.05) is 23.2 Å². The molecule has 1 amide bonds. The molecule has 1 saturated carbocycles. The van der Waals surface area contributed by atoms with E-state index in [9.17, 15) is 4.79 Å². The van der Waals surface area contributed by atoms with E-state index in [1.54, 1.807) is 6.20 Å². The van der Waals surface area contributed by atoms with Crippen molar-refractivity contribution in [2.45, 2.75) is 25.7 Å². The van der Waals surface area contributed by atoms with Crippen molar-refractivity contribution in [2.75, 3.05) is 11.9 Å². The van der Waals surface area contributed by atoms with Crippen molar-refractivity contribution in [2.24, 2.45) is 17.6 Å². The van der Waals surface area contributed by atoms with Crippen LogP contribution in [0.4, 0.5) is 5.69 Å². The smallest absolute Gasteiger partial charge is 0.227 e. The van der Waals surface area contributed by atoms with Crippen LogP contribution in [0.15, 0.2) is 48.7 Å². The summed E-state index contributed by atoms with van der Waals surface area (Å²) in [6, 6.07) is 14.0. The molecule has 5 nitrogen and oxygen atoms in total. The number of anilines is 1. The number of hydrogen-bond donors (Lipinski definition) is 3. The van der Waals surface area contributed by atoms with Crippen LogP contribution < -0.4 is 11.1 Å². The number of nitrogens with one attached hydrogen (secondary N) is 2. The number of nitrogens with zero attached hydrogens (tertiary/aromatic N) is 1. The Hall–Kier alpha value is -2.66. The van der Waals surface area contributed by atoms with Crippen LogP contribution in [0.25, 0.3) is 22.3 Å². The van der Waals surface area contributed by atoms with Crippen LogP contribution in [0, 0.1) is 11.8 Å². The first kappa shape index (κ1) is 16.8. The van der Waals surface area contributed by atoms with Crippen LogP contribution in [0.5, 0.6) is 0 Å². The van der Waals surface area contributed by atoms with Gasteiger partial charge < -0.3 is 16.0 Å². The third kappa shape index (κ3) is 3.35. The first-order valence-electron chi connectivity index (χ1n) is 9.28. The van der Waals surface area contributed by atoms with Crippen LogP contribution in [0.3, 0.4) is 0 Å². The maximum absolute atomic E-state index is 12.7. The average molecular weight is 348 g/mol. The van der Waals surface area contributed by atoms with Crippen molar-refractivity contribution >= 4 is 22.6 Å². The molecule has 1 fully saturated rings. The quantitative estimate of drug-likeness (QED) is 0.668. The normalized spacial score (nSPS) is 20.2. The Morgan fingerprint density at radius 2 is 1.92 bits per heavy atom. The van der Waals surface area contributed by atoms with Crippen LogP contribution in [0.1, 0.15) is 25.7 Å². The van der Waals surface area contributed by atoms with Gasteiger partial charge in [-0.25, -0.2) is 4.98 Å². The van der Waals surface area contributed by atoms with E-state index < -0.39 is 0 Å². The molecule has 0 atom stereocenters. The molecule has 134 valence electrons. The summed E-state index contributed by atoms with van der Waals surface area (Å²) in [6.45, 7) is 0.727. The number of benzene rings is 1. The monoisotopic (exact) mass is 348 g/mol. The van der Waals surface area contributed by atoms with Crippen molar-refractivity contribution in [3.8, 4) is 11.3 Å². The highest BCUT2D eigenvalue weighted by Gasteiger charge is 2.26. The molecule has 3 aromatic rings. The van der Waals surface area contributed by atoms with Crippen molar-refractivity contribution < 1.29 is 4.79 Å². The fraction of sp³-hybridized carbons (Fsp3) is 0.333. The number of aromatic nitrogens is 2. The number of nitrogens with two attached hydrogens (primary N) is 1. The molecule has 4 N–H and O–H groups in total. The molecular weight excluding hydrogens is 324 g/mol. The molecular formula is C21H24N4O. The molecule has 0 radical (unpaired) electrons. The second-order valence-corrected chi connectivity index (χ2v) is 7.11. The highest BCUT2D eigenvalue weighted by atomic mass is 16.1. The Bertz CT molecular complexity index is 895. The number of hydrogen-bond acceptors (Lipinski definition) is 3. The molecule has 1 aliphatic carbocycles. The minimum atomic E-state index is 0.0774. The number of H-pyrrole nitrogens is 1. The molecule has 0 bridgehead atoms. The minimum Gasteiger partial charge on any atom is -0.339 e. The standard InChI is InChI=1S/C21H24N4O/c22-13-14-6-8-16(9-7-14)21(26)25-18-10-11-23-20-17(18)12-19(24-20)15-4-2-1-3-5-15/h1-5,10-12,14,16H,6-9,13,22H2,(H2,23,24,25,26). The Morgan fingerprint density at radius 3 is 2.65 bits per heavy atom. The Kier molecular flexibility index (Phi) is 4.71. The molecule has 1 aliphatic rings. The van der Waals surface area contributed by atoms with Gasteiger partial charge in [-0.2, -0.15) is 0 Å². The molecule has 5 heteroatoms. The molecule has 0 spiro atoms. The summed E-state index contributed by atoms with van der Waals surface area (Å²) in [6.07, 6.45) is 5.66. The summed E-state index contributed by atoms with van der Waals surface area (Å²) in [5.74, 6) is 0.758.